The Morgan fingerprint density at radius 2 is 1.33 bits per heavy atom. The highest BCUT2D eigenvalue weighted by atomic mass is 16.5. The molecule has 0 atom stereocenters. The van der Waals surface area contributed by atoms with Crippen molar-refractivity contribution in [3.05, 3.63) is 0 Å². The molecule has 0 rings (SSSR count). The summed E-state index contributed by atoms with van der Waals surface area (Å²) >= 11 is 0. The lowest BCUT2D eigenvalue weighted by atomic mass is 10.1. The van der Waals surface area contributed by atoms with Crippen LogP contribution in [0.3, 0.4) is 0 Å². The largest absolute Gasteiger partial charge is 0.354 e. The Balaban J connectivity index is 3.75. The Hall–Kier alpha value is -0.120. The van der Waals surface area contributed by atoms with E-state index in [1.807, 2.05) is 20.8 Å². The molecule has 0 bridgehead atoms. The average molecular weight is 133 g/mol. The standard InChI is InChI=1S/C6H15NO2/c1-5(2,3)7-6(4,8)9/h7-9H,1-4H3. The Kier molecular flexibility index (Phi) is 2.22. The molecule has 3 nitrogen and oxygen atoms in total. The monoisotopic (exact) mass is 133 g/mol. The van der Waals surface area contributed by atoms with E-state index in [0.717, 1.165) is 0 Å². The van der Waals surface area contributed by atoms with Crippen molar-refractivity contribution in [2.24, 2.45) is 0 Å². The summed E-state index contributed by atoms with van der Waals surface area (Å²) in [4.78, 5) is 0. The van der Waals surface area contributed by atoms with Gasteiger partial charge in [0.15, 0.2) is 0 Å². The Labute approximate surface area is 55.7 Å². The Bertz CT molecular complexity index is 76.2. The first-order valence-electron chi connectivity index (χ1n) is 2.95. The van der Waals surface area contributed by atoms with Gasteiger partial charge in [-0.15, -0.1) is 0 Å². The molecule has 0 aromatic carbocycles. The van der Waals surface area contributed by atoms with Crippen molar-refractivity contribution < 1.29 is 10.2 Å². The first kappa shape index (κ1) is 8.88. The van der Waals surface area contributed by atoms with Crippen molar-refractivity contribution in [2.75, 3.05) is 0 Å². The second kappa shape index (κ2) is 2.25. The fraction of sp³-hybridized carbons (Fsp3) is 1.00. The Morgan fingerprint density at radius 1 is 1.00 bits per heavy atom. The van der Waals surface area contributed by atoms with Gasteiger partial charge in [-0.25, -0.2) is 0 Å². The number of rotatable bonds is 1. The molecule has 0 aliphatic rings. The zero-order valence-corrected chi connectivity index (χ0v) is 6.39. The zero-order valence-electron chi connectivity index (χ0n) is 6.39. The van der Waals surface area contributed by atoms with Gasteiger partial charge in [0.05, 0.1) is 0 Å². The van der Waals surface area contributed by atoms with E-state index >= 15 is 0 Å². The summed E-state index contributed by atoms with van der Waals surface area (Å²) in [5, 5.41) is 20.2. The first-order chi connectivity index (χ1) is 3.71. The summed E-state index contributed by atoms with van der Waals surface area (Å²) in [7, 11) is 0. The van der Waals surface area contributed by atoms with Gasteiger partial charge in [-0.2, -0.15) is 0 Å². The quantitative estimate of drug-likeness (QED) is 0.442. The molecular weight excluding hydrogens is 118 g/mol. The van der Waals surface area contributed by atoms with Crippen LogP contribution in [0.15, 0.2) is 0 Å². The molecule has 0 aliphatic heterocycles. The Morgan fingerprint density at radius 3 is 1.33 bits per heavy atom. The van der Waals surface area contributed by atoms with Crippen LogP contribution < -0.4 is 5.32 Å². The summed E-state index contributed by atoms with van der Waals surface area (Å²) in [6.07, 6.45) is 0. The summed E-state index contributed by atoms with van der Waals surface area (Å²) < 4.78 is 0. The maximum Gasteiger partial charge on any atom is 0.219 e. The van der Waals surface area contributed by atoms with Crippen LogP contribution in [-0.2, 0) is 0 Å². The molecule has 0 fully saturated rings. The lowest BCUT2D eigenvalue weighted by molar-refractivity contribution is -0.181. The molecule has 0 aromatic rings. The van der Waals surface area contributed by atoms with E-state index in [-0.39, 0.29) is 5.54 Å². The highest BCUT2D eigenvalue weighted by Gasteiger charge is 2.21. The van der Waals surface area contributed by atoms with Crippen LogP contribution in [0.5, 0.6) is 0 Å². The summed E-state index contributed by atoms with van der Waals surface area (Å²) in [6.45, 7) is 6.87. The molecule has 0 saturated carbocycles. The van der Waals surface area contributed by atoms with Crippen LogP contribution in [0.25, 0.3) is 0 Å². The predicted octanol–water partition coefficient (Wildman–Crippen LogP) is 0.0328. The lowest BCUT2D eigenvalue weighted by Crippen LogP contribution is -2.52. The molecular formula is C6H15NO2. The molecule has 3 N–H and O–H groups in total. The maximum atomic E-state index is 8.80. The van der Waals surface area contributed by atoms with Crippen molar-refractivity contribution in [1.29, 1.82) is 0 Å². The van der Waals surface area contributed by atoms with Gasteiger partial charge in [-0.05, 0) is 20.8 Å². The number of hydrogen-bond acceptors (Lipinski definition) is 3. The minimum atomic E-state index is -1.77. The smallest absolute Gasteiger partial charge is 0.219 e. The molecule has 0 aromatic heterocycles. The summed E-state index contributed by atoms with van der Waals surface area (Å²) in [5.74, 6) is -1.77. The fourth-order valence-corrected chi connectivity index (χ4v) is 0.710. The highest BCUT2D eigenvalue weighted by molar-refractivity contribution is 4.72. The first-order valence-corrected chi connectivity index (χ1v) is 2.95. The number of hydrogen-bond donors (Lipinski definition) is 3. The second-order valence-electron chi connectivity index (χ2n) is 3.40. The third kappa shape index (κ3) is 7.88. The summed E-state index contributed by atoms with van der Waals surface area (Å²) in [6, 6.07) is 0. The zero-order chi connectivity index (χ0) is 7.71. The normalized spacial score (nSPS) is 14.0. The highest BCUT2D eigenvalue weighted by Crippen LogP contribution is 2.03. The van der Waals surface area contributed by atoms with E-state index < -0.39 is 5.91 Å². The van der Waals surface area contributed by atoms with Crippen LogP contribution in [0.2, 0.25) is 0 Å². The summed E-state index contributed by atoms with van der Waals surface area (Å²) in [5.41, 5.74) is -0.266. The molecule has 0 radical (unpaired) electrons. The van der Waals surface area contributed by atoms with Gasteiger partial charge < -0.3 is 10.2 Å². The third-order valence-corrected chi connectivity index (χ3v) is 0.612. The van der Waals surface area contributed by atoms with Gasteiger partial charge in [0.2, 0.25) is 5.91 Å². The van der Waals surface area contributed by atoms with Crippen molar-refractivity contribution in [2.45, 2.75) is 39.1 Å². The van der Waals surface area contributed by atoms with Crippen molar-refractivity contribution in [3.63, 3.8) is 0 Å². The minimum absolute atomic E-state index is 0.266. The van der Waals surface area contributed by atoms with Crippen molar-refractivity contribution >= 4 is 0 Å². The molecule has 0 spiro atoms. The molecule has 0 amide bonds. The third-order valence-electron chi connectivity index (χ3n) is 0.612. The van der Waals surface area contributed by atoms with Gasteiger partial charge in [0.25, 0.3) is 0 Å². The van der Waals surface area contributed by atoms with E-state index in [9.17, 15) is 0 Å². The minimum Gasteiger partial charge on any atom is -0.354 e. The van der Waals surface area contributed by atoms with Crippen molar-refractivity contribution in [1.82, 2.24) is 5.32 Å². The number of nitrogens with one attached hydrogen (secondary N) is 1. The molecule has 3 heteroatoms. The van der Waals surface area contributed by atoms with Gasteiger partial charge >= 0.3 is 0 Å². The van der Waals surface area contributed by atoms with E-state index in [0.29, 0.717) is 0 Å². The molecule has 0 heterocycles. The predicted molar refractivity (Wildman–Crippen MR) is 35.7 cm³/mol. The second-order valence-corrected chi connectivity index (χ2v) is 3.40. The van der Waals surface area contributed by atoms with Crippen LogP contribution in [0.4, 0.5) is 0 Å². The lowest BCUT2D eigenvalue weighted by Gasteiger charge is -2.28. The molecule has 0 saturated heterocycles. The van der Waals surface area contributed by atoms with E-state index in [2.05, 4.69) is 5.32 Å². The van der Waals surface area contributed by atoms with Gasteiger partial charge in [0, 0.05) is 12.5 Å². The fourth-order valence-electron chi connectivity index (χ4n) is 0.710. The van der Waals surface area contributed by atoms with Gasteiger partial charge in [-0.3, -0.25) is 5.32 Å². The van der Waals surface area contributed by atoms with E-state index in [1.165, 1.54) is 6.92 Å². The SMILES string of the molecule is CC(C)(C)NC(C)(O)O. The van der Waals surface area contributed by atoms with Gasteiger partial charge in [0.1, 0.15) is 0 Å². The maximum absolute atomic E-state index is 8.80. The van der Waals surface area contributed by atoms with Crippen LogP contribution in [0, 0.1) is 0 Å². The van der Waals surface area contributed by atoms with Crippen LogP contribution in [-0.4, -0.2) is 21.7 Å². The number of aliphatic hydroxyl groups is 2. The molecule has 0 unspecified atom stereocenters. The van der Waals surface area contributed by atoms with E-state index in [4.69, 9.17) is 10.2 Å². The van der Waals surface area contributed by atoms with Gasteiger partial charge in [-0.1, -0.05) is 0 Å². The molecule has 56 valence electrons. The van der Waals surface area contributed by atoms with Crippen LogP contribution >= 0.6 is 0 Å². The van der Waals surface area contributed by atoms with Crippen molar-refractivity contribution in [3.8, 4) is 0 Å². The molecule has 9 heavy (non-hydrogen) atoms. The van der Waals surface area contributed by atoms with E-state index in [1.54, 1.807) is 0 Å². The average Bonchev–Trinajstić information content (AvgIpc) is 1.14. The topological polar surface area (TPSA) is 52.5 Å². The molecule has 0 aliphatic carbocycles. The van der Waals surface area contributed by atoms with Crippen LogP contribution in [0.1, 0.15) is 27.7 Å².